The van der Waals surface area contributed by atoms with Crippen LogP contribution >= 0.6 is 0 Å². The summed E-state index contributed by atoms with van der Waals surface area (Å²) in [5, 5.41) is 12.3. The topological polar surface area (TPSA) is 102 Å². The molecule has 1 amide bonds. The summed E-state index contributed by atoms with van der Waals surface area (Å²) in [6, 6.07) is 14.4. The summed E-state index contributed by atoms with van der Waals surface area (Å²) < 4.78 is 10.3. The van der Waals surface area contributed by atoms with Gasteiger partial charge >= 0.3 is 5.97 Å². The summed E-state index contributed by atoms with van der Waals surface area (Å²) in [7, 11) is 3.15. The van der Waals surface area contributed by atoms with Crippen LogP contribution in [0.4, 0.5) is 0 Å². The highest BCUT2D eigenvalue weighted by molar-refractivity contribution is 6.09. The van der Waals surface area contributed by atoms with Crippen LogP contribution in [-0.4, -0.2) is 37.0 Å². The molecule has 179 valence electrons. The highest BCUT2D eigenvalue weighted by atomic mass is 16.5. The van der Waals surface area contributed by atoms with Crippen molar-refractivity contribution in [1.29, 1.82) is 0 Å². The molecular weight excluding hydrogens is 434 g/mol. The van der Waals surface area contributed by atoms with Gasteiger partial charge in [-0.05, 0) is 61.1 Å². The lowest BCUT2D eigenvalue weighted by atomic mass is 9.83. The second kappa shape index (κ2) is 12.0. The third kappa shape index (κ3) is 6.70. The van der Waals surface area contributed by atoms with Gasteiger partial charge in [-0.15, -0.1) is 0 Å². The Balaban J connectivity index is 1.74. The van der Waals surface area contributed by atoms with Crippen LogP contribution in [0.2, 0.25) is 0 Å². The van der Waals surface area contributed by atoms with Crippen LogP contribution in [0.5, 0.6) is 11.5 Å². The lowest BCUT2D eigenvalue weighted by Gasteiger charge is -2.21. The molecule has 0 aliphatic heterocycles. The van der Waals surface area contributed by atoms with Crippen molar-refractivity contribution in [2.45, 2.75) is 44.6 Å². The Hall–Kier alpha value is -3.61. The Morgan fingerprint density at radius 1 is 0.912 bits per heavy atom. The first-order chi connectivity index (χ1) is 16.4. The van der Waals surface area contributed by atoms with Crippen molar-refractivity contribution in [2.75, 3.05) is 14.2 Å². The first-order valence-corrected chi connectivity index (χ1v) is 11.3. The molecule has 0 unspecified atom stereocenters. The van der Waals surface area contributed by atoms with Crippen LogP contribution in [0.3, 0.4) is 0 Å². The Labute approximate surface area is 199 Å². The second-order valence-electron chi connectivity index (χ2n) is 8.20. The average Bonchev–Trinajstić information content (AvgIpc) is 2.87. The number of carboxylic acid groups (broad SMARTS) is 1. The highest BCUT2D eigenvalue weighted by Gasteiger charge is 2.27. The monoisotopic (exact) mass is 464 g/mol. The lowest BCUT2D eigenvalue weighted by molar-refractivity contribution is -0.137. The zero-order chi connectivity index (χ0) is 24.5. The van der Waals surface area contributed by atoms with Gasteiger partial charge in [0.2, 0.25) is 5.91 Å². The quantitative estimate of drug-likeness (QED) is 0.516. The van der Waals surface area contributed by atoms with Gasteiger partial charge in [-0.25, -0.2) is 0 Å². The van der Waals surface area contributed by atoms with Gasteiger partial charge < -0.3 is 19.9 Å². The number of nitrogens with one attached hydrogen (secondary N) is 1. The number of rotatable bonds is 11. The fraction of sp³-hybridized carbons (Fsp3) is 0.333. The molecule has 0 bridgehead atoms. The number of ketones is 1. The predicted octanol–water partition coefficient (Wildman–Crippen LogP) is 4.22. The lowest BCUT2D eigenvalue weighted by Crippen LogP contribution is -2.28. The Kier molecular flexibility index (Phi) is 8.85. The van der Waals surface area contributed by atoms with Gasteiger partial charge in [-0.2, -0.15) is 0 Å². The molecule has 3 rings (SSSR count). The third-order valence-electron chi connectivity index (χ3n) is 5.94. The standard InChI is InChI=1S/C27H30NO6/c1-33-21-11-7-18(8-12-21)17-28-27(32)24-6-4-3-5-23(24)25(29)15-20(16-26(30)31)19-9-13-22(34-2)14-10-19/h7-15,20H,3-6,16-17H2,1-2H3,(H,28,32)(H,30,31)/t20-/m0/s1. The smallest absolute Gasteiger partial charge is 0.303 e. The Morgan fingerprint density at radius 2 is 1.47 bits per heavy atom. The van der Waals surface area contributed by atoms with Crippen LogP contribution < -0.4 is 14.8 Å². The van der Waals surface area contributed by atoms with Crippen LogP contribution in [0.25, 0.3) is 0 Å². The van der Waals surface area contributed by atoms with Gasteiger partial charge in [0.25, 0.3) is 0 Å². The summed E-state index contributed by atoms with van der Waals surface area (Å²) in [6.07, 6.45) is 3.89. The zero-order valence-electron chi connectivity index (χ0n) is 19.5. The number of hydrogen-bond donors (Lipinski definition) is 2. The van der Waals surface area contributed by atoms with E-state index >= 15 is 0 Å². The largest absolute Gasteiger partial charge is 0.497 e. The summed E-state index contributed by atoms with van der Waals surface area (Å²) in [6.45, 7) is 0.338. The summed E-state index contributed by atoms with van der Waals surface area (Å²) in [5.41, 5.74) is 2.59. The van der Waals surface area contributed by atoms with Crippen molar-refractivity contribution in [3.63, 3.8) is 0 Å². The molecular formula is C27H30NO6. The van der Waals surface area contributed by atoms with Crippen molar-refractivity contribution in [1.82, 2.24) is 5.32 Å². The van der Waals surface area contributed by atoms with Gasteiger partial charge in [0.05, 0.1) is 20.6 Å². The van der Waals surface area contributed by atoms with Gasteiger partial charge in [-0.3, -0.25) is 14.4 Å². The average molecular weight is 465 g/mol. The van der Waals surface area contributed by atoms with E-state index in [-0.39, 0.29) is 18.1 Å². The van der Waals surface area contributed by atoms with E-state index in [9.17, 15) is 19.5 Å². The minimum Gasteiger partial charge on any atom is -0.497 e. The highest BCUT2D eigenvalue weighted by Crippen LogP contribution is 2.31. The minimum absolute atomic E-state index is 0.218. The number of hydrogen-bond acceptors (Lipinski definition) is 5. The van der Waals surface area contributed by atoms with E-state index in [1.165, 1.54) is 6.42 Å². The molecule has 7 heteroatoms. The molecule has 2 aromatic rings. The van der Waals surface area contributed by atoms with E-state index in [1.54, 1.807) is 38.5 Å². The molecule has 0 fully saturated rings. The molecule has 0 heterocycles. The van der Waals surface area contributed by atoms with Crippen molar-refractivity contribution in [3.05, 3.63) is 77.2 Å². The van der Waals surface area contributed by atoms with Crippen LogP contribution in [0, 0.1) is 6.42 Å². The second-order valence-corrected chi connectivity index (χ2v) is 8.20. The van der Waals surface area contributed by atoms with Crippen LogP contribution in [0.15, 0.2) is 59.7 Å². The fourth-order valence-corrected chi connectivity index (χ4v) is 4.06. The molecule has 2 N–H and O–H groups in total. The SMILES string of the molecule is COc1ccc(CNC(=O)C2=C(C(=O)[CH][C@@H](CC(=O)O)c3ccc(OC)cc3)CCCC2)cc1. The van der Waals surface area contributed by atoms with E-state index in [0.29, 0.717) is 41.8 Å². The third-order valence-corrected chi connectivity index (χ3v) is 5.94. The van der Waals surface area contributed by atoms with E-state index in [0.717, 1.165) is 24.2 Å². The number of allylic oxidation sites excluding steroid dienone is 1. The normalized spacial score (nSPS) is 14.3. The number of amides is 1. The van der Waals surface area contributed by atoms with Gasteiger partial charge in [-0.1, -0.05) is 24.3 Å². The molecule has 0 spiro atoms. The molecule has 1 atom stereocenters. The maximum absolute atomic E-state index is 13.2. The first kappa shape index (κ1) is 25.0. The molecule has 0 saturated carbocycles. The molecule has 7 nitrogen and oxygen atoms in total. The summed E-state index contributed by atoms with van der Waals surface area (Å²) in [4.78, 5) is 37.6. The Bertz CT molecular complexity index is 1040. The van der Waals surface area contributed by atoms with Gasteiger partial charge in [0.1, 0.15) is 11.5 Å². The number of carbonyl (C=O) groups excluding carboxylic acids is 2. The maximum atomic E-state index is 13.2. The van der Waals surface area contributed by atoms with Crippen LogP contribution in [0.1, 0.15) is 49.1 Å². The predicted molar refractivity (Wildman–Crippen MR) is 128 cm³/mol. The molecule has 1 aliphatic carbocycles. The number of carboxylic acids is 1. The summed E-state index contributed by atoms with van der Waals surface area (Å²) in [5.74, 6) is -0.757. The van der Waals surface area contributed by atoms with Gasteiger partial charge in [0, 0.05) is 30.0 Å². The van der Waals surface area contributed by atoms with E-state index in [2.05, 4.69) is 5.32 Å². The number of carbonyl (C=O) groups is 3. The minimum atomic E-state index is -1.00. The molecule has 34 heavy (non-hydrogen) atoms. The summed E-state index contributed by atoms with van der Waals surface area (Å²) >= 11 is 0. The van der Waals surface area contributed by atoms with Crippen molar-refractivity contribution in [2.24, 2.45) is 0 Å². The number of aliphatic carboxylic acids is 1. The molecule has 0 aromatic heterocycles. The number of methoxy groups -OCH3 is 2. The van der Waals surface area contributed by atoms with E-state index < -0.39 is 11.9 Å². The van der Waals surface area contributed by atoms with Crippen molar-refractivity contribution in [3.8, 4) is 11.5 Å². The first-order valence-electron chi connectivity index (χ1n) is 11.3. The number of benzene rings is 2. The number of ether oxygens (including phenoxy) is 2. The van der Waals surface area contributed by atoms with E-state index in [4.69, 9.17) is 9.47 Å². The molecule has 2 aromatic carbocycles. The number of Topliss-reactive ketones (excluding diaryl/α,β-unsaturated/α-hetero) is 1. The fourth-order valence-electron chi connectivity index (χ4n) is 4.06. The molecule has 1 aliphatic rings. The zero-order valence-corrected chi connectivity index (χ0v) is 19.5. The van der Waals surface area contributed by atoms with E-state index in [1.807, 2.05) is 24.3 Å². The van der Waals surface area contributed by atoms with Crippen LogP contribution in [-0.2, 0) is 20.9 Å². The van der Waals surface area contributed by atoms with Crippen molar-refractivity contribution < 1.29 is 29.0 Å². The Morgan fingerprint density at radius 3 is 2.03 bits per heavy atom. The maximum Gasteiger partial charge on any atom is 0.303 e. The molecule has 0 saturated heterocycles. The van der Waals surface area contributed by atoms with Crippen molar-refractivity contribution >= 4 is 17.7 Å². The molecule has 1 radical (unpaired) electrons. The van der Waals surface area contributed by atoms with Gasteiger partial charge in [0.15, 0.2) is 5.78 Å².